The van der Waals surface area contributed by atoms with Crippen LogP contribution in [0.5, 0.6) is 0 Å². The molecule has 21 heavy (non-hydrogen) atoms. The first-order valence-corrected chi connectivity index (χ1v) is 8.38. The van der Waals surface area contributed by atoms with E-state index < -0.39 is 10.0 Å². The van der Waals surface area contributed by atoms with E-state index in [-0.39, 0.29) is 12.6 Å². The van der Waals surface area contributed by atoms with E-state index in [1.165, 1.54) is 4.31 Å². The molecule has 0 aliphatic heterocycles. The fourth-order valence-corrected chi connectivity index (χ4v) is 4.02. The van der Waals surface area contributed by atoms with Crippen LogP contribution in [0.25, 0.3) is 0 Å². The van der Waals surface area contributed by atoms with Gasteiger partial charge in [-0.2, -0.15) is 4.31 Å². The Morgan fingerprint density at radius 1 is 1.24 bits per heavy atom. The SMILES string of the molecule is NCc1cccc(S(=O)(=O)N(Cc2ccco2)C2CC2)c1. The molecule has 1 saturated carbocycles. The van der Waals surface area contributed by atoms with Gasteiger partial charge in [-0.15, -0.1) is 0 Å². The first-order valence-electron chi connectivity index (χ1n) is 6.94. The van der Waals surface area contributed by atoms with Crippen LogP contribution < -0.4 is 5.73 Å². The van der Waals surface area contributed by atoms with Gasteiger partial charge in [-0.1, -0.05) is 12.1 Å². The third-order valence-corrected chi connectivity index (χ3v) is 5.48. The molecule has 0 atom stereocenters. The Balaban J connectivity index is 1.93. The second-order valence-electron chi connectivity index (χ2n) is 5.21. The van der Waals surface area contributed by atoms with Gasteiger partial charge in [0.1, 0.15) is 5.76 Å². The smallest absolute Gasteiger partial charge is 0.243 e. The van der Waals surface area contributed by atoms with Crippen molar-refractivity contribution in [3.63, 3.8) is 0 Å². The minimum atomic E-state index is -3.53. The highest BCUT2D eigenvalue weighted by molar-refractivity contribution is 7.89. The second kappa shape index (κ2) is 5.63. The van der Waals surface area contributed by atoms with Crippen molar-refractivity contribution < 1.29 is 12.8 Å². The molecule has 0 saturated heterocycles. The number of furan rings is 1. The number of rotatable bonds is 6. The van der Waals surface area contributed by atoms with Crippen LogP contribution in [0.2, 0.25) is 0 Å². The zero-order valence-electron chi connectivity index (χ0n) is 11.6. The lowest BCUT2D eigenvalue weighted by Crippen LogP contribution is -2.32. The van der Waals surface area contributed by atoms with E-state index in [1.807, 2.05) is 6.07 Å². The van der Waals surface area contributed by atoms with Gasteiger partial charge in [-0.3, -0.25) is 0 Å². The predicted octanol–water partition coefficient (Wildman–Crippen LogP) is 2.09. The Morgan fingerprint density at radius 2 is 2.05 bits per heavy atom. The van der Waals surface area contributed by atoms with Gasteiger partial charge in [0.25, 0.3) is 0 Å². The summed E-state index contributed by atoms with van der Waals surface area (Å²) in [5.74, 6) is 0.653. The highest BCUT2D eigenvalue weighted by Gasteiger charge is 2.38. The maximum atomic E-state index is 12.9. The van der Waals surface area contributed by atoms with E-state index >= 15 is 0 Å². The third-order valence-electron chi connectivity index (χ3n) is 3.59. The number of benzene rings is 1. The van der Waals surface area contributed by atoms with Crippen molar-refractivity contribution in [2.24, 2.45) is 5.73 Å². The summed E-state index contributed by atoms with van der Waals surface area (Å²) in [6.07, 6.45) is 3.36. The first kappa shape index (κ1) is 14.3. The van der Waals surface area contributed by atoms with Gasteiger partial charge < -0.3 is 10.2 Å². The summed E-state index contributed by atoms with van der Waals surface area (Å²) in [4.78, 5) is 0.295. The Kier molecular flexibility index (Phi) is 3.84. The molecule has 0 amide bonds. The monoisotopic (exact) mass is 306 g/mol. The molecule has 2 N–H and O–H groups in total. The van der Waals surface area contributed by atoms with E-state index in [0.29, 0.717) is 17.2 Å². The van der Waals surface area contributed by atoms with Gasteiger partial charge in [0.15, 0.2) is 0 Å². The van der Waals surface area contributed by atoms with Crippen molar-refractivity contribution in [1.29, 1.82) is 0 Å². The van der Waals surface area contributed by atoms with Crippen LogP contribution in [-0.4, -0.2) is 18.8 Å². The molecule has 112 valence electrons. The zero-order valence-corrected chi connectivity index (χ0v) is 12.4. The third kappa shape index (κ3) is 3.02. The highest BCUT2D eigenvalue weighted by atomic mass is 32.2. The predicted molar refractivity (Wildman–Crippen MR) is 78.8 cm³/mol. The quantitative estimate of drug-likeness (QED) is 0.886. The minimum absolute atomic E-state index is 0.0710. The Hall–Kier alpha value is -1.63. The summed E-state index contributed by atoms with van der Waals surface area (Å²) in [6.45, 7) is 0.595. The topological polar surface area (TPSA) is 76.5 Å². The average Bonchev–Trinajstić information content (AvgIpc) is 3.20. The fourth-order valence-electron chi connectivity index (χ4n) is 2.30. The van der Waals surface area contributed by atoms with Crippen LogP contribution in [0, 0.1) is 0 Å². The van der Waals surface area contributed by atoms with Crippen molar-refractivity contribution in [1.82, 2.24) is 4.31 Å². The maximum absolute atomic E-state index is 12.9. The summed E-state index contributed by atoms with van der Waals surface area (Å²) in [5.41, 5.74) is 6.41. The maximum Gasteiger partial charge on any atom is 0.243 e. The summed E-state index contributed by atoms with van der Waals surface area (Å²) in [6, 6.07) is 10.4. The second-order valence-corrected chi connectivity index (χ2v) is 7.10. The van der Waals surface area contributed by atoms with E-state index in [0.717, 1.165) is 18.4 Å². The molecule has 1 aliphatic rings. The van der Waals surface area contributed by atoms with Crippen LogP contribution >= 0.6 is 0 Å². The van der Waals surface area contributed by atoms with Gasteiger partial charge in [-0.05, 0) is 42.7 Å². The summed E-state index contributed by atoms with van der Waals surface area (Å²) >= 11 is 0. The first-order chi connectivity index (χ1) is 10.1. The molecule has 5 nitrogen and oxygen atoms in total. The summed E-state index contributed by atoms with van der Waals surface area (Å²) < 4.78 is 32.5. The Morgan fingerprint density at radius 3 is 2.67 bits per heavy atom. The Bertz CT molecular complexity index is 706. The lowest BCUT2D eigenvalue weighted by molar-refractivity contribution is 0.356. The van der Waals surface area contributed by atoms with Crippen LogP contribution in [-0.2, 0) is 23.1 Å². The number of hydrogen-bond donors (Lipinski definition) is 1. The van der Waals surface area contributed by atoms with Crippen LogP contribution in [0.15, 0.2) is 52.0 Å². The molecule has 1 aliphatic carbocycles. The van der Waals surface area contributed by atoms with Gasteiger partial charge in [-0.25, -0.2) is 8.42 Å². The van der Waals surface area contributed by atoms with E-state index in [2.05, 4.69) is 0 Å². The summed E-state index contributed by atoms with van der Waals surface area (Å²) in [5, 5.41) is 0. The van der Waals surface area contributed by atoms with Crippen LogP contribution in [0.3, 0.4) is 0 Å². The molecule has 0 unspecified atom stereocenters. The highest BCUT2D eigenvalue weighted by Crippen LogP contribution is 2.33. The lowest BCUT2D eigenvalue weighted by Gasteiger charge is -2.21. The normalized spacial score (nSPS) is 15.5. The zero-order chi connectivity index (χ0) is 14.9. The number of sulfonamides is 1. The van der Waals surface area contributed by atoms with E-state index in [1.54, 1.807) is 36.6 Å². The molecule has 0 spiro atoms. The molecular formula is C15H18N2O3S. The standard InChI is InChI=1S/C15H18N2O3S/c16-10-12-3-1-5-15(9-12)21(18,19)17(13-6-7-13)11-14-4-2-8-20-14/h1-5,8-9,13H,6-7,10-11,16H2. The van der Waals surface area contributed by atoms with Gasteiger partial charge >= 0.3 is 0 Å². The molecule has 6 heteroatoms. The van der Waals surface area contributed by atoms with Crippen molar-refractivity contribution in [3.8, 4) is 0 Å². The molecule has 3 rings (SSSR count). The number of nitrogens with zero attached hydrogens (tertiary/aromatic N) is 1. The summed E-state index contributed by atoms with van der Waals surface area (Å²) in [7, 11) is -3.53. The lowest BCUT2D eigenvalue weighted by atomic mass is 10.2. The molecule has 1 aromatic heterocycles. The fraction of sp³-hybridized carbons (Fsp3) is 0.333. The van der Waals surface area contributed by atoms with Crippen molar-refractivity contribution in [2.45, 2.75) is 36.9 Å². The largest absolute Gasteiger partial charge is 0.468 e. The molecule has 0 bridgehead atoms. The molecule has 2 aromatic rings. The molecule has 0 radical (unpaired) electrons. The molecule has 1 heterocycles. The number of nitrogens with two attached hydrogens (primary N) is 1. The van der Waals surface area contributed by atoms with Crippen molar-refractivity contribution in [3.05, 3.63) is 54.0 Å². The average molecular weight is 306 g/mol. The van der Waals surface area contributed by atoms with Crippen LogP contribution in [0.1, 0.15) is 24.2 Å². The molecule has 1 aromatic carbocycles. The van der Waals surface area contributed by atoms with E-state index in [9.17, 15) is 8.42 Å². The van der Waals surface area contributed by atoms with Crippen molar-refractivity contribution >= 4 is 10.0 Å². The Labute approximate surface area is 124 Å². The minimum Gasteiger partial charge on any atom is -0.468 e. The van der Waals surface area contributed by atoms with Gasteiger partial charge in [0.2, 0.25) is 10.0 Å². The molecular weight excluding hydrogens is 288 g/mol. The van der Waals surface area contributed by atoms with Gasteiger partial charge in [0, 0.05) is 12.6 Å². The van der Waals surface area contributed by atoms with Gasteiger partial charge in [0.05, 0.1) is 17.7 Å². The van der Waals surface area contributed by atoms with Crippen molar-refractivity contribution in [2.75, 3.05) is 0 Å². The van der Waals surface area contributed by atoms with Crippen LogP contribution in [0.4, 0.5) is 0 Å². The van der Waals surface area contributed by atoms with E-state index in [4.69, 9.17) is 10.2 Å². The number of hydrogen-bond acceptors (Lipinski definition) is 4. The molecule has 1 fully saturated rings.